The first-order valence-corrected chi connectivity index (χ1v) is 10.6. The van der Waals surface area contributed by atoms with Crippen LogP contribution in [0.5, 0.6) is 0 Å². The third-order valence-corrected chi connectivity index (χ3v) is 6.20. The Morgan fingerprint density at radius 2 is 2.00 bits per heavy atom. The van der Waals surface area contributed by atoms with Crippen molar-refractivity contribution in [2.45, 2.75) is 37.5 Å². The molecule has 28 heavy (non-hydrogen) atoms. The Hall–Kier alpha value is -2.23. The summed E-state index contributed by atoms with van der Waals surface area (Å²) in [6.07, 6.45) is 3.24. The number of hydrogen-bond donors (Lipinski definition) is 1. The number of allylic oxidation sites excluding steroid dienone is 3. The van der Waals surface area contributed by atoms with Crippen molar-refractivity contribution < 1.29 is 9.53 Å². The molecule has 6 heteroatoms. The second kappa shape index (κ2) is 8.02. The number of carbonyl (C=O) groups excluding carboxylic acids is 1. The lowest BCUT2D eigenvalue weighted by atomic mass is 9.68. The van der Waals surface area contributed by atoms with E-state index in [0.717, 1.165) is 28.1 Å². The molecule has 0 unspecified atom stereocenters. The third kappa shape index (κ3) is 3.69. The van der Waals surface area contributed by atoms with Gasteiger partial charge in [0.2, 0.25) is 0 Å². The van der Waals surface area contributed by atoms with Crippen LogP contribution in [-0.2, 0) is 9.53 Å². The standard InChI is InChI=1S/C22H27N3O2S/c1-22(2)11-17-20(18(26)12-22)19(14-5-7-15(28-4)8-6-14)16(13-23)21(24)25(17)9-10-27-3/h5-8,19H,9-12,24H2,1-4H3/t19-/m0/s1. The van der Waals surface area contributed by atoms with Gasteiger partial charge in [-0.15, -0.1) is 11.8 Å². The molecule has 1 aliphatic heterocycles. The third-order valence-electron chi connectivity index (χ3n) is 5.45. The van der Waals surface area contributed by atoms with E-state index < -0.39 is 5.92 Å². The summed E-state index contributed by atoms with van der Waals surface area (Å²) in [5.74, 6) is 0.133. The maximum absolute atomic E-state index is 13.2. The van der Waals surface area contributed by atoms with Crippen molar-refractivity contribution in [1.82, 2.24) is 4.90 Å². The topological polar surface area (TPSA) is 79.3 Å². The van der Waals surface area contributed by atoms with Crippen molar-refractivity contribution in [3.63, 3.8) is 0 Å². The Labute approximate surface area is 171 Å². The number of benzene rings is 1. The summed E-state index contributed by atoms with van der Waals surface area (Å²) in [5, 5.41) is 9.93. The van der Waals surface area contributed by atoms with Crippen molar-refractivity contribution >= 4 is 17.5 Å². The van der Waals surface area contributed by atoms with E-state index in [1.807, 2.05) is 35.4 Å². The Balaban J connectivity index is 2.18. The summed E-state index contributed by atoms with van der Waals surface area (Å²) >= 11 is 1.66. The number of ketones is 1. The van der Waals surface area contributed by atoms with Crippen LogP contribution in [0.15, 0.2) is 51.8 Å². The predicted molar refractivity (Wildman–Crippen MR) is 111 cm³/mol. The number of rotatable bonds is 5. The minimum absolute atomic E-state index is 0.104. The molecule has 2 N–H and O–H groups in total. The summed E-state index contributed by atoms with van der Waals surface area (Å²) in [7, 11) is 1.64. The molecule has 0 saturated heterocycles. The van der Waals surface area contributed by atoms with Crippen molar-refractivity contribution in [3.05, 3.63) is 52.5 Å². The van der Waals surface area contributed by atoms with Crippen LogP contribution in [0, 0.1) is 16.7 Å². The van der Waals surface area contributed by atoms with E-state index in [-0.39, 0.29) is 11.2 Å². The maximum atomic E-state index is 13.2. The Kier molecular flexibility index (Phi) is 5.87. The normalized spacial score (nSPS) is 21.6. The first-order chi connectivity index (χ1) is 13.3. The summed E-state index contributed by atoms with van der Waals surface area (Å²) in [4.78, 5) is 16.3. The maximum Gasteiger partial charge on any atom is 0.162 e. The number of nitrogens with zero attached hydrogens (tertiary/aromatic N) is 2. The fraction of sp³-hybridized carbons (Fsp3) is 0.455. The van der Waals surface area contributed by atoms with Crippen molar-refractivity contribution in [2.24, 2.45) is 11.1 Å². The molecule has 0 saturated carbocycles. The zero-order chi connectivity index (χ0) is 20.5. The first kappa shape index (κ1) is 20.5. The lowest BCUT2D eigenvalue weighted by molar-refractivity contribution is -0.118. The lowest BCUT2D eigenvalue weighted by Crippen LogP contribution is -2.43. The molecule has 0 aromatic heterocycles. The molecule has 2 aliphatic rings. The molecule has 0 spiro atoms. The van der Waals surface area contributed by atoms with Gasteiger partial charge in [0.15, 0.2) is 5.78 Å². The first-order valence-electron chi connectivity index (χ1n) is 9.39. The predicted octanol–water partition coefficient (Wildman–Crippen LogP) is 3.79. The number of carbonyl (C=O) groups is 1. The van der Waals surface area contributed by atoms with Crippen LogP contribution < -0.4 is 5.73 Å². The summed E-state index contributed by atoms with van der Waals surface area (Å²) in [6.45, 7) is 5.20. The molecule has 1 aromatic rings. The average molecular weight is 398 g/mol. The smallest absolute Gasteiger partial charge is 0.162 e. The van der Waals surface area contributed by atoms with Crippen molar-refractivity contribution in [3.8, 4) is 6.07 Å². The van der Waals surface area contributed by atoms with Crippen LogP contribution in [0.4, 0.5) is 0 Å². The highest BCUT2D eigenvalue weighted by Crippen LogP contribution is 2.48. The fourth-order valence-corrected chi connectivity index (χ4v) is 4.55. The second-order valence-electron chi connectivity index (χ2n) is 8.06. The van der Waals surface area contributed by atoms with E-state index >= 15 is 0 Å². The van der Waals surface area contributed by atoms with Gasteiger partial charge in [-0.05, 0) is 35.8 Å². The van der Waals surface area contributed by atoms with Crippen LogP contribution in [-0.4, -0.2) is 37.2 Å². The molecule has 1 aliphatic carbocycles. The number of Topliss-reactive ketones (excluding diaryl/α,β-unsaturated/α-hetero) is 1. The van der Waals surface area contributed by atoms with Gasteiger partial charge in [0.1, 0.15) is 5.82 Å². The van der Waals surface area contributed by atoms with E-state index in [1.54, 1.807) is 18.9 Å². The molecule has 0 radical (unpaired) electrons. The van der Waals surface area contributed by atoms with Crippen molar-refractivity contribution in [2.75, 3.05) is 26.5 Å². The molecule has 3 rings (SSSR count). The van der Waals surface area contributed by atoms with E-state index in [2.05, 4.69) is 19.9 Å². The summed E-state index contributed by atoms with van der Waals surface area (Å²) in [5.41, 5.74) is 9.38. The molecule has 0 bridgehead atoms. The van der Waals surface area contributed by atoms with Gasteiger partial charge in [-0.2, -0.15) is 5.26 Å². The number of nitrogens with two attached hydrogens (primary N) is 1. The highest BCUT2D eigenvalue weighted by atomic mass is 32.2. The zero-order valence-corrected chi connectivity index (χ0v) is 17.7. The number of methoxy groups -OCH3 is 1. The fourth-order valence-electron chi connectivity index (χ4n) is 4.14. The zero-order valence-electron chi connectivity index (χ0n) is 16.9. The molecule has 1 heterocycles. The van der Waals surface area contributed by atoms with Gasteiger partial charge >= 0.3 is 0 Å². The van der Waals surface area contributed by atoms with Gasteiger partial charge in [0, 0.05) is 36.2 Å². The van der Waals surface area contributed by atoms with Gasteiger partial charge in [0.05, 0.1) is 24.2 Å². The van der Waals surface area contributed by atoms with Gasteiger partial charge in [-0.3, -0.25) is 4.79 Å². The van der Waals surface area contributed by atoms with Crippen LogP contribution in [0.3, 0.4) is 0 Å². The number of ether oxygens (including phenoxy) is 1. The highest BCUT2D eigenvalue weighted by molar-refractivity contribution is 7.98. The minimum atomic E-state index is -0.404. The molecule has 148 valence electrons. The van der Waals surface area contributed by atoms with Gasteiger partial charge in [-0.25, -0.2) is 0 Å². The van der Waals surface area contributed by atoms with Gasteiger partial charge in [0.25, 0.3) is 0 Å². The molecular weight excluding hydrogens is 370 g/mol. The highest BCUT2D eigenvalue weighted by Gasteiger charge is 2.44. The number of nitriles is 1. The number of thioether (sulfide) groups is 1. The molecule has 5 nitrogen and oxygen atoms in total. The van der Waals surface area contributed by atoms with Crippen LogP contribution in [0.2, 0.25) is 0 Å². The van der Waals surface area contributed by atoms with E-state index in [0.29, 0.717) is 31.0 Å². The average Bonchev–Trinajstić information content (AvgIpc) is 2.66. The van der Waals surface area contributed by atoms with E-state index in [4.69, 9.17) is 10.5 Å². The van der Waals surface area contributed by atoms with Crippen molar-refractivity contribution in [1.29, 1.82) is 5.26 Å². The van der Waals surface area contributed by atoms with Crippen LogP contribution in [0.1, 0.15) is 38.2 Å². The minimum Gasteiger partial charge on any atom is -0.384 e. The van der Waals surface area contributed by atoms with Gasteiger partial charge in [-0.1, -0.05) is 26.0 Å². The number of hydrogen-bond acceptors (Lipinski definition) is 6. The van der Waals surface area contributed by atoms with Crippen LogP contribution >= 0.6 is 11.8 Å². The monoisotopic (exact) mass is 397 g/mol. The SMILES string of the molecule is COCCN1C(N)=C(C#N)[C@H](c2ccc(SC)cc2)C2=C1CC(C)(C)CC2=O. The second-order valence-corrected chi connectivity index (χ2v) is 8.94. The Morgan fingerprint density at radius 3 is 2.57 bits per heavy atom. The van der Waals surface area contributed by atoms with E-state index in [1.165, 1.54) is 0 Å². The Morgan fingerprint density at radius 1 is 1.32 bits per heavy atom. The summed E-state index contributed by atoms with van der Waals surface area (Å²) in [6, 6.07) is 10.4. The molecular formula is C22H27N3O2S. The Bertz CT molecular complexity index is 878. The molecule has 1 aromatic carbocycles. The molecule has 1 atom stereocenters. The van der Waals surface area contributed by atoms with Gasteiger partial charge < -0.3 is 15.4 Å². The van der Waals surface area contributed by atoms with Crippen LogP contribution in [0.25, 0.3) is 0 Å². The quantitative estimate of drug-likeness (QED) is 0.762. The summed E-state index contributed by atoms with van der Waals surface area (Å²) < 4.78 is 5.24. The molecule has 0 amide bonds. The van der Waals surface area contributed by atoms with E-state index in [9.17, 15) is 10.1 Å². The largest absolute Gasteiger partial charge is 0.384 e. The molecule has 0 fully saturated rings. The lowest BCUT2D eigenvalue weighted by Gasteiger charge is -2.43.